The Labute approximate surface area is 106 Å². The molecule has 1 saturated heterocycles. The van der Waals surface area contributed by atoms with Gasteiger partial charge in [-0.2, -0.15) is 0 Å². The number of ether oxygens (including phenoxy) is 2. The summed E-state index contributed by atoms with van der Waals surface area (Å²) in [4.78, 5) is 1.96. The molecule has 1 aromatic rings. The second-order valence-electron chi connectivity index (χ2n) is 5.08. The van der Waals surface area contributed by atoms with E-state index < -0.39 is 0 Å². The first-order valence-corrected chi connectivity index (χ1v) is 5.95. The minimum Gasteiger partial charge on any atom is -0.495 e. The second kappa shape index (κ2) is 4.65. The molecule has 0 radical (unpaired) electrons. The van der Waals surface area contributed by atoms with Crippen molar-refractivity contribution in [3.63, 3.8) is 0 Å². The minimum atomic E-state index is -0.328. The number of morpholine rings is 1. The summed E-state index contributed by atoms with van der Waals surface area (Å²) >= 11 is 0. The Hall–Kier alpha value is -1.49. The number of hydrogen-bond donors (Lipinski definition) is 1. The van der Waals surface area contributed by atoms with E-state index >= 15 is 0 Å². The number of hydrogen-bond acceptors (Lipinski definition) is 4. The molecule has 0 bridgehead atoms. The van der Waals surface area contributed by atoms with Gasteiger partial charge in [-0.3, -0.25) is 0 Å². The first-order valence-electron chi connectivity index (χ1n) is 5.95. The van der Waals surface area contributed by atoms with Gasteiger partial charge in [-0.25, -0.2) is 4.39 Å². The Kier molecular flexibility index (Phi) is 3.34. The van der Waals surface area contributed by atoms with Gasteiger partial charge in [0, 0.05) is 25.2 Å². The van der Waals surface area contributed by atoms with E-state index in [1.54, 1.807) is 6.07 Å². The van der Waals surface area contributed by atoms with E-state index in [1.165, 1.54) is 13.2 Å². The monoisotopic (exact) mass is 254 g/mol. The van der Waals surface area contributed by atoms with E-state index in [9.17, 15) is 4.39 Å². The van der Waals surface area contributed by atoms with Gasteiger partial charge in [0.05, 0.1) is 30.7 Å². The highest BCUT2D eigenvalue weighted by atomic mass is 19.1. The van der Waals surface area contributed by atoms with Gasteiger partial charge in [-0.1, -0.05) is 0 Å². The van der Waals surface area contributed by atoms with Crippen LogP contribution in [0, 0.1) is 5.82 Å². The number of halogens is 1. The zero-order valence-corrected chi connectivity index (χ0v) is 11.0. The zero-order valence-electron chi connectivity index (χ0n) is 11.0. The van der Waals surface area contributed by atoms with Crippen molar-refractivity contribution in [2.45, 2.75) is 19.4 Å². The summed E-state index contributed by atoms with van der Waals surface area (Å²) in [5, 5.41) is 0. The lowest BCUT2D eigenvalue weighted by molar-refractivity contribution is -0.0278. The fraction of sp³-hybridized carbons (Fsp3) is 0.538. The van der Waals surface area contributed by atoms with Gasteiger partial charge < -0.3 is 20.1 Å². The van der Waals surface area contributed by atoms with Crippen LogP contribution in [0.25, 0.3) is 0 Å². The third-order valence-electron chi connectivity index (χ3n) is 3.07. The summed E-state index contributed by atoms with van der Waals surface area (Å²) in [5.74, 6) is 0.168. The Bertz CT molecular complexity index is 449. The van der Waals surface area contributed by atoms with Crippen molar-refractivity contribution in [2.75, 3.05) is 37.4 Å². The first-order chi connectivity index (χ1) is 8.43. The molecule has 1 aromatic carbocycles. The van der Waals surface area contributed by atoms with E-state index in [0.717, 1.165) is 0 Å². The molecule has 0 spiro atoms. The smallest absolute Gasteiger partial charge is 0.148 e. The van der Waals surface area contributed by atoms with Gasteiger partial charge in [-0.15, -0.1) is 0 Å². The van der Waals surface area contributed by atoms with Gasteiger partial charge in [0.15, 0.2) is 0 Å². The van der Waals surface area contributed by atoms with Crippen LogP contribution in [0.3, 0.4) is 0 Å². The molecular formula is C13H19FN2O2. The molecule has 2 rings (SSSR count). The Balaban J connectivity index is 2.32. The molecule has 0 saturated carbocycles. The zero-order chi connectivity index (χ0) is 13.3. The van der Waals surface area contributed by atoms with E-state index in [1.807, 2.05) is 18.7 Å². The molecule has 100 valence electrons. The first kappa shape index (κ1) is 13.0. The quantitative estimate of drug-likeness (QED) is 0.820. The molecule has 0 aliphatic carbocycles. The topological polar surface area (TPSA) is 47.7 Å². The van der Waals surface area contributed by atoms with Gasteiger partial charge in [-0.05, 0) is 13.8 Å². The lowest BCUT2D eigenvalue weighted by atomic mass is 10.1. The van der Waals surface area contributed by atoms with Gasteiger partial charge in [0.1, 0.15) is 11.6 Å². The summed E-state index contributed by atoms with van der Waals surface area (Å²) in [6, 6.07) is 2.95. The second-order valence-corrected chi connectivity index (χ2v) is 5.08. The summed E-state index contributed by atoms with van der Waals surface area (Å²) in [6.07, 6.45) is 0. The van der Waals surface area contributed by atoms with E-state index in [4.69, 9.17) is 15.2 Å². The van der Waals surface area contributed by atoms with Crippen molar-refractivity contribution < 1.29 is 13.9 Å². The Morgan fingerprint density at radius 1 is 1.44 bits per heavy atom. The molecular weight excluding hydrogens is 235 g/mol. The molecule has 18 heavy (non-hydrogen) atoms. The molecule has 0 amide bonds. The maximum absolute atomic E-state index is 14.0. The third-order valence-corrected chi connectivity index (χ3v) is 3.07. The molecule has 4 nitrogen and oxygen atoms in total. The van der Waals surface area contributed by atoms with Crippen LogP contribution < -0.4 is 15.4 Å². The van der Waals surface area contributed by atoms with Gasteiger partial charge in [0.25, 0.3) is 0 Å². The summed E-state index contributed by atoms with van der Waals surface area (Å²) in [6.45, 7) is 5.86. The van der Waals surface area contributed by atoms with Gasteiger partial charge in [0.2, 0.25) is 0 Å². The average molecular weight is 254 g/mol. The van der Waals surface area contributed by atoms with E-state index in [2.05, 4.69) is 0 Å². The Morgan fingerprint density at radius 3 is 2.78 bits per heavy atom. The number of methoxy groups -OCH3 is 1. The van der Waals surface area contributed by atoms with Crippen molar-refractivity contribution in [1.82, 2.24) is 0 Å². The summed E-state index contributed by atoms with van der Waals surface area (Å²) < 4.78 is 24.7. The summed E-state index contributed by atoms with van der Waals surface area (Å²) in [5.41, 5.74) is 6.22. The average Bonchev–Trinajstić information content (AvgIpc) is 2.27. The largest absolute Gasteiger partial charge is 0.495 e. The number of benzene rings is 1. The number of nitrogens with zero attached hydrogens (tertiary/aromatic N) is 1. The number of anilines is 2. The van der Waals surface area contributed by atoms with Crippen LogP contribution in [0.5, 0.6) is 5.75 Å². The lowest BCUT2D eigenvalue weighted by Gasteiger charge is -2.39. The number of nitrogens with two attached hydrogens (primary N) is 1. The molecule has 0 aromatic heterocycles. The van der Waals surface area contributed by atoms with Crippen molar-refractivity contribution in [1.29, 1.82) is 0 Å². The SMILES string of the molecule is COc1cc(N2CCOC(C)(C)C2)c(F)cc1N. The maximum Gasteiger partial charge on any atom is 0.148 e. The highest BCUT2D eigenvalue weighted by Crippen LogP contribution is 2.32. The summed E-state index contributed by atoms with van der Waals surface area (Å²) in [7, 11) is 1.52. The van der Waals surface area contributed by atoms with Crippen LogP contribution in [-0.4, -0.2) is 32.4 Å². The minimum absolute atomic E-state index is 0.278. The molecule has 2 N–H and O–H groups in total. The molecule has 1 aliphatic heterocycles. The van der Waals surface area contributed by atoms with Crippen LogP contribution in [0.4, 0.5) is 15.8 Å². The molecule has 0 atom stereocenters. The maximum atomic E-state index is 14.0. The third kappa shape index (κ3) is 2.51. The van der Waals surface area contributed by atoms with Crippen molar-refractivity contribution in [2.24, 2.45) is 0 Å². The molecule has 5 heteroatoms. The highest BCUT2D eigenvalue weighted by molar-refractivity contribution is 5.63. The van der Waals surface area contributed by atoms with Crippen LogP contribution in [-0.2, 0) is 4.74 Å². The Morgan fingerprint density at radius 2 is 2.17 bits per heavy atom. The van der Waals surface area contributed by atoms with Gasteiger partial charge >= 0.3 is 0 Å². The normalized spacial score (nSPS) is 18.8. The predicted octanol–water partition coefficient (Wildman–Crippen LogP) is 2.03. The predicted molar refractivity (Wildman–Crippen MR) is 69.6 cm³/mol. The highest BCUT2D eigenvalue weighted by Gasteiger charge is 2.29. The van der Waals surface area contributed by atoms with Crippen LogP contribution >= 0.6 is 0 Å². The van der Waals surface area contributed by atoms with E-state index in [-0.39, 0.29) is 11.4 Å². The standard InChI is InChI=1S/C13H19FN2O2/c1-13(2)8-16(4-5-18-13)11-7-12(17-3)10(15)6-9(11)14/h6-7H,4-5,8,15H2,1-3H3. The van der Waals surface area contributed by atoms with E-state index in [0.29, 0.717) is 36.8 Å². The van der Waals surface area contributed by atoms with Crippen molar-refractivity contribution in [3.8, 4) is 5.75 Å². The molecule has 1 heterocycles. The van der Waals surface area contributed by atoms with Crippen LogP contribution in [0.2, 0.25) is 0 Å². The fourth-order valence-electron chi connectivity index (χ4n) is 2.20. The van der Waals surface area contributed by atoms with Crippen LogP contribution in [0.15, 0.2) is 12.1 Å². The number of rotatable bonds is 2. The lowest BCUT2D eigenvalue weighted by Crippen LogP contribution is -2.48. The molecule has 0 unspecified atom stereocenters. The molecule has 1 fully saturated rings. The molecule has 1 aliphatic rings. The number of nitrogen functional groups attached to an aromatic ring is 1. The van der Waals surface area contributed by atoms with Crippen molar-refractivity contribution in [3.05, 3.63) is 17.9 Å². The van der Waals surface area contributed by atoms with Crippen molar-refractivity contribution >= 4 is 11.4 Å². The fourth-order valence-corrected chi connectivity index (χ4v) is 2.20. The van der Waals surface area contributed by atoms with Crippen LogP contribution in [0.1, 0.15) is 13.8 Å².